The Kier molecular flexibility index (Phi) is 5.50. The molecule has 0 aliphatic carbocycles. The molecule has 0 saturated carbocycles. The number of hydrogen-bond acceptors (Lipinski definition) is 5. The summed E-state index contributed by atoms with van der Waals surface area (Å²) >= 11 is 0. The van der Waals surface area contributed by atoms with Crippen LogP contribution in [0, 0.1) is 21.4 Å². The minimum atomic E-state index is -3.88. The van der Waals surface area contributed by atoms with E-state index in [2.05, 4.69) is 0 Å². The second-order valence-corrected chi connectivity index (χ2v) is 6.85. The van der Waals surface area contributed by atoms with Gasteiger partial charge in [-0.25, -0.2) is 8.42 Å². The molecule has 8 heteroatoms. The van der Waals surface area contributed by atoms with Crippen molar-refractivity contribution >= 4 is 21.4 Å². The SMILES string of the molecule is N#CCCN(c1ccccc1)S(=O)(=O)Cc1ccccc1[N+](=O)[O-]. The molecule has 7 nitrogen and oxygen atoms in total. The molecular weight excluding hydrogens is 330 g/mol. The lowest BCUT2D eigenvalue weighted by atomic mass is 10.2. The smallest absolute Gasteiger partial charge is 0.269 e. The van der Waals surface area contributed by atoms with Crippen LogP contribution in [0.5, 0.6) is 0 Å². The molecule has 0 unspecified atom stereocenters. The van der Waals surface area contributed by atoms with E-state index in [0.29, 0.717) is 5.69 Å². The molecule has 2 rings (SSSR count). The van der Waals surface area contributed by atoms with E-state index in [1.807, 2.05) is 6.07 Å². The van der Waals surface area contributed by atoms with Gasteiger partial charge in [0.25, 0.3) is 5.69 Å². The van der Waals surface area contributed by atoms with Crippen molar-refractivity contribution in [2.24, 2.45) is 0 Å². The van der Waals surface area contributed by atoms with Gasteiger partial charge in [0.1, 0.15) is 5.75 Å². The molecule has 0 radical (unpaired) electrons. The first kappa shape index (κ1) is 17.4. The van der Waals surface area contributed by atoms with Gasteiger partial charge >= 0.3 is 0 Å². The number of sulfonamides is 1. The summed E-state index contributed by atoms with van der Waals surface area (Å²) in [5, 5.41) is 19.8. The summed E-state index contributed by atoms with van der Waals surface area (Å²) in [5.74, 6) is -0.509. The topological polar surface area (TPSA) is 104 Å². The number of nitrogens with zero attached hydrogens (tertiary/aromatic N) is 3. The van der Waals surface area contributed by atoms with Gasteiger partial charge in [-0.3, -0.25) is 14.4 Å². The van der Waals surface area contributed by atoms with Crippen molar-refractivity contribution in [1.29, 1.82) is 5.26 Å². The van der Waals surface area contributed by atoms with Crippen molar-refractivity contribution in [2.75, 3.05) is 10.8 Å². The number of rotatable bonds is 7. The normalized spacial score (nSPS) is 10.8. The summed E-state index contributed by atoms with van der Waals surface area (Å²) in [5.41, 5.74) is 0.293. The average molecular weight is 345 g/mol. The molecular formula is C16H15N3O4S. The number of nitro groups is 1. The number of hydrogen-bond donors (Lipinski definition) is 0. The standard InChI is InChI=1S/C16H15N3O4S/c17-11-6-12-18(15-8-2-1-3-9-15)24(22,23)13-14-7-4-5-10-16(14)19(20)21/h1-5,7-10H,6,12-13H2. The second kappa shape index (κ2) is 7.57. The largest absolute Gasteiger partial charge is 0.273 e. The summed E-state index contributed by atoms with van der Waals surface area (Å²) in [6, 6.07) is 16.0. The summed E-state index contributed by atoms with van der Waals surface area (Å²) in [7, 11) is -3.88. The molecule has 2 aromatic rings. The van der Waals surface area contributed by atoms with Crippen molar-refractivity contribution in [3.05, 3.63) is 70.3 Å². The van der Waals surface area contributed by atoms with Crippen LogP contribution in [0.1, 0.15) is 12.0 Å². The molecule has 0 atom stereocenters. The van der Waals surface area contributed by atoms with Gasteiger partial charge in [0.15, 0.2) is 0 Å². The third kappa shape index (κ3) is 4.08. The van der Waals surface area contributed by atoms with Crippen LogP contribution in [0.3, 0.4) is 0 Å². The van der Waals surface area contributed by atoms with E-state index in [0.717, 1.165) is 4.31 Å². The maximum atomic E-state index is 12.8. The maximum absolute atomic E-state index is 12.8. The van der Waals surface area contributed by atoms with Crippen LogP contribution < -0.4 is 4.31 Å². The minimum absolute atomic E-state index is 0.0104. The Hall–Kier alpha value is -2.92. The zero-order valence-electron chi connectivity index (χ0n) is 12.7. The van der Waals surface area contributed by atoms with Crippen LogP contribution in [-0.2, 0) is 15.8 Å². The van der Waals surface area contributed by atoms with Crippen LogP contribution in [0.15, 0.2) is 54.6 Å². The first-order valence-electron chi connectivity index (χ1n) is 7.10. The van der Waals surface area contributed by atoms with E-state index in [1.165, 1.54) is 18.2 Å². The third-order valence-electron chi connectivity index (χ3n) is 3.33. The predicted octanol–water partition coefficient (Wildman–Crippen LogP) is 2.84. The fourth-order valence-electron chi connectivity index (χ4n) is 2.26. The van der Waals surface area contributed by atoms with Gasteiger partial charge in [0.2, 0.25) is 10.0 Å². The van der Waals surface area contributed by atoms with Crippen molar-refractivity contribution in [3.8, 4) is 6.07 Å². The molecule has 0 amide bonds. The van der Waals surface area contributed by atoms with Gasteiger partial charge in [-0.1, -0.05) is 36.4 Å². The fraction of sp³-hybridized carbons (Fsp3) is 0.188. The van der Waals surface area contributed by atoms with Gasteiger partial charge in [-0.2, -0.15) is 5.26 Å². The second-order valence-electron chi connectivity index (χ2n) is 4.96. The van der Waals surface area contributed by atoms with Crippen LogP contribution in [0.2, 0.25) is 0 Å². The number of benzene rings is 2. The Morgan fingerprint density at radius 3 is 2.33 bits per heavy atom. The molecule has 0 spiro atoms. The lowest BCUT2D eigenvalue weighted by molar-refractivity contribution is -0.385. The predicted molar refractivity (Wildman–Crippen MR) is 89.7 cm³/mol. The van der Waals surface area contributed by atoms with E-state index >= 15 is 0 Å². The van der Waals surface area contributed by atoms with E-state index < -0.39 is 20.7 Å². The van der Waals surface area contributed by atoms with E-state index in [1.54, 1.807) is 36.4 Å². The Morgan fingerprint density at radius 2 is 1.71 bits per heavy atom. The Morgan fingerprint density at radius 1 is 1.08 bits per heavy atom. The van der Waals surface area contributed by atoms with E-state index in [-0.39, 0.29) is 24.2 Å². The Bertz CT molecular complexity index is 860. The first-order valence-corrected chi connectivity index (χ1v) is 8.71. The number of nitriles is 1. The summed E-state index contributed by atoms with van der Waals surface area (Å²) in [4.78, 5) is 10.5. The zero-order chi connectivity index (χ0) is 17.6. The monoisotopic (exact) mass is 345 g/mol. The number of para-hydroxylation sites is 2. The molecule has 0 fully saturated rings. The number of anilines is 1. The minimum Gasteiger partial charge on any atom is -0.269 e. The molecule has 0 bridgehead atoms. The molecule has 0 aliphatic heterocycles. The Balaban J connectivity index is 2.39. The third-order valence-corrected chi connectivity index (χ3v) is 5.07. The molecule has 124 valence electrons. The van der Waals surface area contributed by atoms with Crippen molar-refractivity contribution in [1.82, 2.24) is 0 Å². The van der Waals surface area contributed by atoms with Gasteiger partial charge in [0.05, 0.1) is 23.1 Å². The van der Waals surface area contributed by atoms with E-state index in [4.69, 9.17) is 5.26 Å². The molecule has 0 aromatic heterocycles. The van der Waals surface area contributed by atoms with Crippen LogP contribution in [-0.4, -0.2) is 19.9 Å². The lowest BCUT2D eigenvalue weighted by Gasteiger charge is -2.23. The van der Waals surface area contributed by atoms with Crippen molar-refractivity contribution < 1.29 is 13.3 Å². The van der Waals surface area contributed by atoms with E-state index in [9.17, 15) is 18.5 Å². The average Bonchev–Trinajstić information content (AvgIpc) is 2.56. The molecule has 0 aliphatic rings. The highest BCUT2D eigenvalue weighted by atomic mass is 32.2. The molecule has 0 N–H and O–H groups in total. The highest BCUT2D eigenvalue weighted by Crippen LogP contribution is 2.25. The quantitative estimate of drug-likeness (QED) is 0.567. The van der Waals surface area contributed by atoms with Crippen LogP contribution in [0.4, 0.5) is 11.4 Å². The fourth-order valence-corrected chi connectivity index (χ4v) is 3.87. The highest BCUT2D eigenvalue weighted by molar-refractivity contribution is 7.92. The zero-order valence-corrected chi connectivity index (χ0v) is 13.5. The molecule has 2 aromatic carbocycles. The summed E-state index contributed by atoms with van der Waals surface area (Å²) in [6.07, 6.45) is 0.0189. The molecule has 0 saturated heterocycles. The van der Waals surface area contributed by atoms with Gasteiger partial charge in [0, 0.05) is 18.2 Å². The van der Waals surface area contributed by atoms with Crippen LogP contribution >= 0.6 is 0 Å². The highest BCUT2D eigenvalue weighted by Gasteiger charge is 2.26. The first-order chi connectivity index (χ1) is 11.5. The molecule has 0 heterocycles. The van der Waals surface area contributed by atoms with Gasteiger partial charge in [-0.05, 0) is 12.1 Å². The van der Waals surface area contributed by atoms with Crippen molar-refractivity contribution in [2.45, 2.75) is 12.2 Å². The van der Waals surface area contributed by atoms with Crippen LogP contribution in [0.25, 0.3) is 0 Å². The Labute approximate surface area is 140 Å². The summed E-state index contributed by atoms with van der Waals surface area (Å²) < 4.78 is 26.7. The maximum Gasteiger partial charge on any atom is 0.273 e. The number of nitro benzene ring substituents is 1. The lowest BCUT2D eigenvalue weighted by Crippen LogP contribution is -2.33. The van der Waals surface area contributed by atoms with Crippen molar-refractivity contribution in [3.63, 3.8) is 0 Å². The summed E-state index contributed by atoms with van der Waals surface area (Å²) in [6.45, 7) is -0.0104. The molecule has 24 heavy (non-hydrogen) atoms. The van der Waals surface area contributed by atoms with Gasteiger partial charge < -0.3 is 0 Å². The van der Waals surface area contributed by atoms with Gasteiger partial charge in [-0.15, -0.1) is 0 Å².